The summed E-state index contributed by atoms with van der Waals surface area (Å²) < 4.78 is 16.9. The van der Waals surface area contributed by atoms with E-state index in [-0.39, 0.29) is 24.6 Å². The lowest BCUT2D eigenvalue weighted by Crippen LogP contribution is -2.29. The number of carbonyl (C=O) groups excluding carboxylic acids is 2. The monoisotopic (exact) mass is 520 g/mol. The first kappa shape index (κ1) is 29.0. The van der Waals surface area contributed by atoms with Gasteiger partial charge in [-0.15, -0.1) is 6.58 Å². The van der Waals surface area contributed by atoms with Gasteiger partial charge in [-0.25, -0.2) is 4.79 Å². The van der Waals surface area contributed by atoms with Crippen LogP contribution in [0.1, 0.15) is 68.9 Å². The second-order valence-corrected chi connectivity index (χ2v) is 9.73. The van der Waals surface area contributed by atoms with Crippen molar-refractivity contribution < 1.29 is 23.8 Å². The highest BCUT2D eigenvalue weighted by molar-refractivity contribution is 5.87. The predicted molar refractivity (Wildman–Crippen MR) is 151 cm³/mol. The van der Waals surface area contributed by atoms with Crippen molar-refractivity contribution in [2.45, 2.75) is 70.5 Å². The van der Waals surface area contributed by atoms with Crippen LogP contribution in [-0.4, -0.2) is 24.6 Å². The molecule has 2 aromatic rings. The Morgan fingerprint density at radius 1 is 0.947 bits per heavy atom. The minimum atomic E-state index is -0.495. The van der Waals surface area contributed by atoms with Crippen LogP contribution in [0.25, 0.3) is 6.08 Å². The standard InChI is InChI=1S/C31H40N2O5/c1-2-3-4-5-6-7-20-36-27-16-11-24(12-17-27)31(35)38-28-14-8-23(9-15-28)10-19-30(34)37-22-25-21-26(32)13-18-29(25)33/h2,8-10,13-15,18-19,21,24,27H,1,3-7,11-12,16-17,20,22,32-33H2. The zero-order valence-electron chi connectivity index (χ0n) is 22.1. The van der Waals surface area contributed by atoms with Crippen LogP contribution in [0.15, 0.2) is 61.2 Å². The summed E-state index contributed by atoms with van der Waals surface area (Å²) >= 11 is 0. The molecule has 2 aromatic carbocycles. The number of nitrogen functional groups attached to an aromatic ring is 2. The van der Waals surface area contributed by atoms with Gasteiger partial charge in [0.25, 0.3) is 0 Å². The summed E-state index contributed by atoms with van der Waals surface area (Å²) in [5.41, 5.74) is 14.1. The molecule has 3 rings (SSSR count). The molecule has 0 saturated heterocycles. The Morgan fingerprint density at radius 2 is 1.68 bits per heavy atom. The van der Waals surface area contributed by atoms with Gasteiger partial charge in [-0.3, -0.25) is 4.79 Å². The molecule has 4 N–H and O–H groups in total. The molecule has 1 saturated carbocycles. The van der Waals surface area contributed by atoms with E-state index in [9.17, 15) is 9.59 Å². The van der Waals surface area contributed by atoms with Crippen LogP contribution in [0.2, 0.25) is 0 Å². The van der Waals surface area contributed by atoms with Crippen LogP contribution >= 0.6 is 0 Å². The Kier molecular flexibility index (Phi) is 11.9. The second kappa shape index (κ2) is 15.6. The molecule has 7 heteroatoms. The third-order valence-electron chi connectivity index (χ3n) is 6.71. The number of ether oxygens (including phenoxy) is 3. The highest BCUT2D eigenvalue weighted by Gasteiger charge is 2.28. The van der Waals surface area contributed by atoms with E-state index >= 15 is 0 Å². The lowest BCUT2D eigenvalue weighted by atomic mass is 9.87. The van der Waals surface area contributed by atoms with Gasteiger partial charge in [0, 0.05) is 29.6 Å². The summed E-state index contributed by atoms with van der Waals surface area (Å²) in [6.07, 6.45) is 14.3. The quantitative estimate of drug-likeness (QED) is 0.0758. The van der Waals surface area contributed by atoms with Gasteiger partial charge in [0.2, 0.25) is 0 Å². The number of nitrogens with two attached hydrogens (primary N) is 2. The first-order valence-corrected chi connectivity index (χ1v) is 13.5. The molecule has 38 heavy (non-hydrogen) atoms. The average Bonchev–Trinajstić information content (AvgIpc) is 2.93. The number of hydrogen-bond acceptors (Lipinski definition) is 7. The third-order valence-corrected chi connectivity index (χ3v) is 6.71. The smallest absolute Gasteiger partial charge is 0.331 e. The Labute approximate surface area is 225 Å². The average molecular weight is 521 g/mol. The van der Waals surface area contributed by atoms with E-state index in [0.29, 0.717) is 22.7 Å². The molecule has 204 valence electrons. The van der Waals surface area contributed by atoms with E-state index in [2.05, 4.69) is 6.58 Å². The van der Waals surface area contributed by atoms with Crippen LogP contribution in [0, 0.1) is 5.92 Å². The van der Waals surface area contributed by atoms with Crippen molar-refractivity contribution in [1.29, 1.82) is 0 Å². The Balaban J connectivity index is 1.34. The number of unbranched alkanes of at least 4 members (excludes halogenated alkanes) is 4. The fourth-order valence-corrected chi connectivity index (χ4v) is 4.42. The van der Waals surface area contributed by atoms with Crippen molar-refractivity contribution in [3.05, 3.63) is 72.3 Å². The van der Waals surface area contributed by atoms with Gasteiger partial charge in [-0.2, -0.15) is 0 Å². The van der Waals surface area contributed by atoms with E-state index in [0.717, 1.165) is 50.7 Å². The van der Waals surface area contributed by atoms with Crippen LogP contribution < -0.4 is 16.2 Å². The predicted octanol–water partition coefficient (Wildman–Crippen LogP) is 6.22. The van der Waals surface area contributed by atoms with Gasteiger partial charge in [-0.1, -0.05) is 31.1 Å². The fourth-order valence-electron chi connectivity index (χ4n) is 4.42. The summed E-state index contributed by atoms with van der Waals surface area (Å²) in [6.45, 7) is 4.59. The normalized spacial score (nSPS) is 17.3. The molecule has 0 bridgehead atoms. The minimum Gasteiger partial charge on any atom is -0.458 e. The summed E-state index contributed by atoms with van der Waals surface area (Å²) in [6, 6.07) is 12.1. The summed E-state index contributed by atoms with van der Waals surface area (Å²) in [5.74, 6) is -0.303. The van der Waals surface area contributed by atoms with Crippen molar-refractivity contribution in [1.82, 2.24) is 0 Å². The van der Waals surface area contributed by atoms with Crippen molar-refractivity contribution in [2.75, 3.05) is 18.1 Å². The largest absolute Gasteiger partial charge is 0.458 e. The van der Waals surface area contributed by atoms with Crippen molar-refractivity contribution in [2.24, 2.45) is 5.92 Å². The number of esters is 2. The fraction of sp³-hybridized carbons (Fsp3) is 0.419. The highest BCUT2D eigenvalue weighted by Crippen LogP contribution is 2.28. The maximum atomic E-state index is 12.6. The maximum Gasteiger partial charge on any atom is 0.331 e. The van der Waals surface area contributed by atoms with Gasteiger partial charge in [0.05, 0.1) is 12.0 Å². The zero-order chi connectivity index (χ0) is 27.2. The summed E-state index contributed by atoms with van der Waals surface area (Å²) in [7, 11) is 0. The molecular weight excluding hydrogens is 480 g/mol. The summed E-state index contributed by atoms with van der Waals surface area (Å²) in [4.78, 5) is 24.7. The van der Waals surface area contributed by atoms with Gasteiger partial charge in [0.1, 0.15) is 12.4 Å². The maximum absolute atomic E-state index is 12.6. The number of allylic oxidation sites excluding steroid dienone is 1. The molecule has 1 fully saturated rings. The topological polar surface area (TPSA) is 114 Å². The Morgan fingerprint density at radius 3 is 2.42 bits per heavy atom. The van der Waals surface area contributed by atoms with Crippen LogP contribution in [-0.2, 0) is 25.7 Å². The lowest BCUT2D eigenvalue weighted by Gasteiger charge is -2.27. The number of benzene rings is 2. The molecule has 7 nitrogen and oxygen atoms in total. The van der Waals surface area contributed by atoms with E-state index in [1.165, 1.54) is 25.3 Å². The zero-order valence-corrected chi connectivity index (χ0v) is 22.1. The molecule has 0 spiro atoms. The van der Waals surface area contributed by atoms with Gasteiger partial charge < -0.3 is 25.7 Å². The molecule has 0 heterocycles. The molecule has 0 unspecified atom stereocenters. The third kappa shape index (κ3) is 10.1. The van der Waals surface area contributed by atoms with Gasteiger partial charge >= 0.3 is 11.9 Å². The number of hydrogen-bond donors (Lipinski definition) is 2. The van der Waals surface area contributed by atoms with E-state index in [1.54, 1.807) is 48.5 Å². The second-order valence-electron chi connectivity index (χ2n) is 9.73. The molecule has 0 amide bonds. The molecule has 0 aliphatic heterocycles. The molecule has 1 aliphatic rings. The number of carbonyl (C=O) groups is 2. The first-order valence-electron chi connectivity index (χ1n) is 13.5. The Hall–Kier alpha value is -3.58. The lowest BCUT2D eigenvalue weighted by molar-refractivity contribution is -0.141. The van der Waals surface area contributed by atoms with Crippen LogP contribution in [0.4, 0.5) is 11.4 Å². The van der Waals surface area contributed by atoms with Crippen molar-refractivity contribution >= 4 is 29.4 Å². The number of anilines is 2. The minimum absolute atomic E-state index is 0.0411. The van der Waals surface area contributed by atoms with Crippen LogP contribution in [0.3, 0.4) is 0 Å². The number of rotatable bonds is 14. The molecule has 0 aromatic heterocycles. The van der Waals surface area contributed by atoms with E-state index in [4.69, 9.17) is 25.7 Å². The SMILES string of the molecule is C=CCCCCCCOC1CCC(C(=O)Oc2ccc(C=CC(=O)OCc3cc(N)ccc3N)cc2)CC1. The molecule has 1 aliphatic carbocycles. The van der Waals surface area contributed by atoms with Crippen molar-refractivity contribution in [3.63, 3.8) is 0 Å². The van der Waals surface area contributed by atoms with Crippen LogP contribution in [0.5, 0.6) is 5.75 Å². The van der Waals surface area contributed by atoms with Crippen molar-refractivity contribution in [3.8, 4) is 5.75 Å². The van der Waals surface area contributed by atoms with Gasteiger partial charge in [-0.05, 0) is 86.9 Å². The van der Waals surface area contributed by atoms with Gasteiger partial charge in [0.15, 0.2) is 0 Å². The highest BCUT2D eigenvalue weighted by atomic mass is 16.5. The Bertz CT molecular complexity index is 1070. The first-order chi connectivity index (χ1) is 18.4. The molecular formula is C31H40N2O5. The molecule has 0 atom stereocenters. The summed E-state index contributed by atoms with van der Waals surface area (Å²) in [5, 5.41) is 0. The van der Waals surface area contributed by atoms with E-state index < -0.39 is 5.97 Å². The molecule has 0 radical (unpaired) electrons. The van der Waals surface area contributed by atoms with E-state index in [1.807, 2.05) is 6.08 Å².